The highest BCUT2D eigenvalue weighted by atomic mass is 32.2. The van der Waals surface area contributed by atoms with Crippen molar-refractivity contribution in [1.29, 1.82) is 0 Å². The van der Waals surface area contributed by atoms with Crippen molar-refractivity contribution >= 4 is 26.5 Å². The summed E-state index contributed by atoms with van der Waals surface area (Å²) in [5, 5.41) is 0.295. The molecule has 8 heteroatoms. The van der Waals surface area contributed by atoms with E-state index in [1.807, 2.05) is 0 Å². The van der Waals surface area contributed by atoms with Crippen LogP contribution in [0.15, 0.2) is 4.21 Å². The monoisotopic (exact) mass is 304 g/mol. The highest BCUT2D eigenvalue weighted by Crippen LogP contribution is 2.27. The van der Waals surface area contributed by atoms with E-state index >= 15 is 0 Å². The molecular formula is C11H20N4O2S2. The van der Waals surface area contributed by atoms with E-state index in [1.165, 1.54) is 17.1 Å². The smallest absolute Gasteiger partial charge is 0.254 e. The highest BCUT2D eigenvalue weighted by Gasteiger charge is 2.26. The van der Waals surface area contributed by atoms with Gasteiger partial charge in [0.1, 0.15) is 0 Å². The summed E-state index contributed by atoms with van der Waals surface area (Å²) in [5.41, 5.74) is 6.05. The number of thiazole rings is 1. The first kappa shape index (κ1) is 14.7. The molecule has 108 valence electrons. The van der Waals surface area contributed by atoms with E-state index in [1.54, 1.807) is 14.0 Å². The van der Waals surface area contributed by atoms with Crippen LogP contribution in [0.5, 0.6) is 0 Å². The minimum absolute atomic E-state index is 0.258. The average molecular weight is 304 g/mol. The average Bonchev–Trinajstić information content (AvgIpc) is 2.95. The third-order valence-corrected chi connectivity index (χ3v) is 6.78. The van der Waals surface area contributed by atoms with Crippen LogP contribution in [0.2, 0.25) is 0 Å². The van der Waals surface area contributed by atoms with Crippen molar-refractivity contribution < 1.29 is 8.42 Å². The SMILES string of the molecule is Cc1nc(N)sc1S(=O)(=O)N(C)CCN1CCCC1. The predicted molar refractivity (Wildman–Crippen MR) is 76.8 cm³/mol. The summed E-state index contributed by atoms with van der Waals surface area (Å²) in [5.74, 6) is 0. The first-order valence-electron chi connectivity index (χ1n) is 6.33. The Morgan fingerprint density at radius 3 is 2.58 bits per heavy atom. The van der Waals surface area contributed by atoms with Crippen molar-refractivity contribution in [3.8, 4) is 0 Å². The Morgan fingerprint density at radius 2 is 2.05 bits per heavy atom. The summed E-state index contributed by atoms with van der Waals surface area (Å²) >= 11 is 1.03. The van der Waals surface area contributed by atoms with Gasteiger partial charge in [-0.25, -0.2) is 13.4 Å². The summed E-state index contributed by atoms with van der Waals surface area (Å²) in [4.78, 5) is 6.27. The van der Waals surface area contributed by atoms with E-state index < -0.39 is 10.0 Å². The van der Waals surface area contributed by atoms with Crippen molar-refractivity contribution in [2.45, 2.75) is 24.0 Å². The number of hydrogen-bond donors (Lipinski definition) is 1. The van der Waals surface area contributed by atoms with Crippen molar-refractivity contribution in [2.75, 3.05) is 39.0 Å². The molecule has 0 aromatic carbocycles. The molecule has 19 heavy (non-hydrogen) atoms. The van der Waals surface area contributed by atoms with E-state index in [2.05, 4.69) is 9.88 Å². The zero-order chi connectivity index (χ0) is 14.0. The number of nitrogens with zero attached hydrogens (tertiary/aromatic N) is 3. The van der Waals surface area contributed by atoms with Crippen LogP contribution in [0.4, 0.5) is 5.13 Å². The predicted octanol–water partition coefficient (Wildman–Crippen LogP) is 0.750. The molecule has 2 heterocycles. The zero-order valence-electron chi connectivity index (χ0n) is 11.3. The van der Waals surface area contributed by atoms with Crippen LogP contribution in [0.3, 0.4) is 0 Å². The Labute approximate surface area is 118 Å². The number of nitrogen functional groups attached to an aromatic ring is 1. The van der Waals surface area contributed by atoms with Gasteiger partial charge in [0.05, 0.1) is 5.69 Å². The second-order valence-corrected chi connectivity index (χ2v) is 8.07. The maximum atomic E-state index is 12.4. The van der Waals surface area contributed by atoms with Gasteiger partial charge in [-0.3, -0.25) is 0 Å². The molecule has 1 aromatic rings. The Kier molecular flexibility index (Phi) is 4.44. The number of rotatable bonds is 5. The first-order chi connectivity index (χ1) is 8.91. The lowest BCUT2D eigenvalue weighted by Crippen LogP contribution is -2.35. The number of nitrogens with two attached hydrogens (primary N) is 1. The number of likely N-dealkylation sites (N-methyl/N-ethyl adjacent to an activating group) is 1. The first-order valence-corrected chi connectivity index (χ1v) is 8.58. The van der Waals surface area contributed by atoms with Crippen LogP contribution in [0.1, 0.15) is 18.5 Å². The second-order valence-electron chi connectivity index (χ2n) is 4.80. The summed E-state index contributed by atoms with van der Waals surface area (Å²) in [6, 6.07) is 0. The van der Waals surface area contributed by atoms with E-state index in [9.17, 15) is 8.42 Å². The largest absolute Gasteiger partial charge is 0.375 e. The molecule has 0 atom stereocenters. The highest BCUT2D eigenvalue weighted by molar-refractivity contribution is 7.91. The molecule has 0 spiro atoms. The number of likely N-dealkylation sites (tertiary alicyclic amines) is 1. The Morgan fingerprint density at radius 1 is 1.42 bits per heavy atom. The van der Waals surface area contributed by atoms with Crippen molar-refractivity contribution in [3.63, 3.8) is 0 Å². The van der Waals surface area contributed by atoms with E-state index in [0.717, 1.165) is 31.0 Å². The third kappa shape index (κ3) is 3.25. The maximum Gasteiger partial charge on any atom is 0.254 e. The molecule has 0 bridgehead atoms. The lowest BCUT2D eigenvalue weighted by atomic mass is 10.4. The van der Waals surface area contributed by atoms with Gasteiger partial charge in [0.15, 0.2) is 9.34 Å². The second kappa shape index (κ2) is 5.74. The quantitative estimate of drug-likeness (QED) is 0.868. The number of sulfonamides is 1. The van der Waals surface area contributed by atoms with Gasteiger partial charge in [0, 0.05) is 20.1 Å². The molecule has 0 unspecified atom stereocenters. The number of aromatic nitrogens is 1. The molecule has 2 N–H and O–H groups in total. The molecule has 1 aromatic heterocycles. The molecule has 0 aliphatic carbocycles. The fourth-order valence-electron chi connectivity index (χ4n) is 2.19. The van der Waals surface area contributed by atoms with E-state index in [0.29, 0.717) is 17.4 Å². The molecule has 1 aliphatic rings. The van der Waals surface area contributed by atoms with Crippen LogP contribution < -0.4 is 5.73 Å². The van der Waals surface area contributed by atoms with Gasteiger partial charge in [-0.05, 0) is 32.9 Å². The van der Waals surface area contributed by atoms with Gasteiger partial charge < -0.3 is 10.6 Å². The van der Waals surface area contributed by atoms with Crippen LogP contribution in [0.25, 0.3) is 0 Å². The number of aryl methyl sites for hydroxylation is 1. The van der Waals surface area contributed by atoms with Crippen LogP contribution in [0, 0.1) is 6.92 Å². The fraction of sp³-hybridized carbons (Fsp3) is 0.727. The summed E-state index contributed by atoms with van der Waals surface area (Å²) in [6.07, 6.45) is 2.42. The van der Waals surface area contributed by atoms with Crippen molar-refractivity contribution in [3.05, 3.63) is 5.69 Å². The summed E-state index contributed by atoms with van der Waals surface area (Å²) in [7, 11) is -1.85. The molecule has 0 radical (unpaired) electrons. The minimum Gasteiger partial charge on any atom is -0.375 e. The van der Waals surface area contributed by atoms with Gasteiger partial charge in [-0.15, -0.1) is 0 Å². The van der Waals surface area contributed by atoms with Crippen molar-refractivity contribution in [2.24, 2.45) is 0 Å². The minimum atomic E-state index is -3.46. The van der Waals surface area contributed by atoms with E-state index in [4.69, 9.17) is 5.73 Å². The molecule has 1 saturated heterocycles. The zero-order valence-corrected chi connectivity index (χ0v) is 12.9. The number of hydrogen-bond acceptors (Lipinski definition) is 6. The Bertz CT molecular complexity index is 535. The van der Waals surface area contributed by atoms with Crippen LogP contribution >= 0.6 is 11.3 Å². The van der Waals surface area contributed by atoms with Gasteiger partial charge in [0.2, 0.25) is 0 Å². The summed E-state index contributed by atoms with van der Waals surface area (Å²) in [6.45, 7) is 5.09. The molecule has 2 rings (SSSR count). The van der Waals surface area contributed by atoms with Gasteiger partial charge in [-0.2, -0.15) is 4.31 Å². The van der Waals surface area contributed by atoms with E-state index in [-0.39, 0.29) is 4.21 Å². The van der Waals surface area contributed by atoms with Crippen LogP contribution in [-0.2, 0) is 10.0 Å². The maximum absolute atomic E-state index is 12.4. The lowest BCUT2D eigenvalue weighted by molar-refractivity contribution is 0.310. The normalized spacial score (nSPS) is 17.4. The standard InChI is InChI=1S/C11H20N4O2S2/c1-9-10(18-11(12)13-9)19(16,17)14(2)7-8-15-5-3-4-6-15/h3-8H2,1-2H3,(H2,12,13). The topological polar surface area (TPSA) is 79.5 Å². The van der Waals surface area contributed by atoms with Crippen molar-refractivity contribution in [1.82, 2.24) is 14.2 Å². The van der Waals surface area contributed by atoms with Crippen LogP contribution in [-0.4, -0.2) is 55.8 Å². The molecule has 1 fully saturated rings. The molecule has 0 amide bonds. The van der Waals surface area contributed by atoms with Gasteiger partial charge in [0.25, 0.3) is 10.0 Å². The molecular weight excluding hydrogens is 284 g/mol. The third-order valence-electron chi connectivity index (χ3n) is 3.34. The molecule has 1 aliphatic heterocycles. The fourth-order valence-corrected chi connectivity index (χ4v) is 4.84. The Balaban J connectivity index is 2.04. The summed E-state index contributed by atoms with van der Waals surface area (Å²) < 4.78 is 26.4. The molecule has 6 nitrogen and oxygen atoms in total. The Hall–Kier alpha value is -0.700. The molecule has 0 saturated carbocycles. The lowest BCUT2D eigenvalue weighted by Gasteiger charge is -2.20. The number of anilines is 1. The van der Waals surface area contributed by atoms with Gasteiger partial charge in [-0.1, -0.05) is 11.3 Å². The van der Waals surface area contributed by atoms with Gasteiger partial charge >= 0.3 is 0 Å².